The number of hydrogen-bond acceptors (Lipinski definition) is 3. The quantitative estimate of drug-likeness (QED) is 0.755. The lowest BCUT2D eigenvalue weighted by atomic mass is 9.98. The highest BCUT2D eigenvalue weighted by molar-refractivity contribution is 5.95. The Morgan fingerprint density at radius 3 is 2.36 bits per heavy atom. The molecule has 2 aromatic carbocycles. The van der Waals surface area contributed by atoms with E-state index in [-0.39, 0.29) is 12.3 Å². The molecule has 0 bridgehead atoms. The molecule has 0 saturated heterocycles. The number of hydrogen-bond donors (Lipinski definition) is 3. The maximum absolute atomic E-state index is 12.5. The molecule has 0 aromatic heterocycles. The van der Waals surface area contributed by atoms with Gasteiger partial charge in [-0.1, -0.05) is 36.4 Å². The number of anilines is 2. The fourth-order valence-corrected chi connectivity index (χ4v) is 2.74. The summed E-state index contributed by atoms with van der Waals surface area (Å²) in [6.45, 7) is 1.93. The molecule has 0 aliphatic rings. The second kappa shape index (κ2) is 8.19. The number of nitrogens with one attached hydrogen (secondary N) is 2. The van der Waals surface area contributed by atoms with Crippen LogP contribution in [0.4, 0.5) is 16.2 Å². The zero-order valence-electron chi connectivity index (χ0n) is 14.7. The molecule has 1 atom stereocenters. The van der Waals surface area contributed by atoms with Gasteiger partial charge in [0.2, 0.25) is 5.91 Å². The van der Waals surface area contributed by atoms with Crippen LogP contribution in [0.15, 0.2) is 48.5 Å². The third-order valence-electron chi connectivity index (χ3n) is 3.93. The van der Waals surface area contributed by atoms with Crippen LogP contribution in [0.1, 0.15) is 23.6 Å². The van der Waals surface area contributed by atoms with Crippen LogP contribution in [0.2, 0.25) is 0 Å². The van der Waals surface area contributed by atoms with Gasteiger partial charge in [0.25, 0.3) is 0 Å². The molecule has 132 valence electrons. The number of urea groups is 1. The summed E-state index contributed by atoms with van der Waals surface area (Å²) in [6, 6.07) is 14.0. The molecule has 2 aromatic rings. The number of primary amides is 1. The molecular formula is C19H24N4O2. The molecular weight excluding hydrogens is 316 g/mol. The number of nitrogens with two attached hydrogens (primary N) is 1. The minimum absolute atomic E-state index is 0.0928. The largest absolute Gasteiger partial charge is 0.376 e. The molecule has 0 fully saturated rings. The highest BCUT2D eigenvalue weighted by atomic mass is 16.2. The van der Waals surface area contributed by atoms with Crippen LogP contribution >= 0.6 is 0 Å². The first kappa shape index (κ1) is 18.3. The highest BCUT2D eigenvalue weighted by Gasteiger charge is 2.19. The molecule has 2 rings (SSSR count). The van der Waals surface area contributed by atoms with Crippen LogP contribution in [-0.4, -0.2) is 26.0 Å². The average Bonchev–Trinajstić information content (AvgIpc) is 2.54. The molecule has 0 spiro atoms. The summed E-state index contributed by atoms with van der Waals surface area (Å²) in [4.78, 5) is 25.8. The fourth-order valence-electron chi connectivity index (χ4n) is 2.74. The van der Waals surface area contributed by atoms with Gasteiger partial charge in [-0.3, -0.25) is 4.79 Å². The van der Waals surface area contributed by atoms with Crippen LogP contribution in [-0.2, 0) is 4.79 Å². The van der Waals surface area contributed by atoms with Crippen molar-refractivity contribution < 1.29 is 9.59 Å². The Morgan fingerprint density at radius 2 is 1.72 bits per heavy atom. The first-order valence-corrected chi connectivity index (χ1v) is 8.06. The zero-order chi connectivity index (χ0) is 18.4. The third-order valence-corrected chi connectivity index (χ3v) is 3.93. The van der Waals surface area contributed by atoms with Gasteiger partial charge in [-0.15, -0.1) is 0 Å². The van der Waals surface area contributed by atoms with Crippen LogP contribution in [0, 0.1) is 6.92 Å². The molecule has 1 unspecified atom stereocenters. The second-order valence-corrected chi connectivity index (χ2v) is 6.08. The van der Waals surface area contributed by atoms with Gasteiger partial charge in [0.15, 0.2) is 0 Å². The predicted molar refractivity (Wildman–Crippen MR) is 101 cm³/mol. The number of benzene rings is 2. The van der Waals surface area contributed by atoms with E-state index in [9.17, 15) is 9.59 Å². The van der Waals surface area contributed by atoms with E-state index in [0.717, 1.165) is 22.5 Å². The van der Waals surface area contributed by atoms with Gasteiger partial charge >= 0.3 is 6.03 Å². The summed E-state index contributed by atoms with van der Waals surface area (Å²) in [7, 11) is 3.82. The van der Waals surface area contributed by atoms with E-state index in [2.05, 4.69) is 10.6 Å². The lowest BCUT2D eigenvalue weighted by Gasteiger charge is -2.21. The average molecular weight is 340 g/mol. The number of rotatable bonds is 6. The number of carbonyl (C=O) groups is 2. The van der Waals surface area contributed by atoms with Crippen molar-refractivity contribution in [3.8, 4) is 0 Å². The van der Waals surface area contributed by atoms with E-state index in [1.54, 1.807) is 0 Å². The molecule has 25 heavy (non-hydrogen) atoms. The Hall–Kier alpha value is -3.02. The van der Waals surface area contributed by atoms with Crippen molar-refractivity contribution in [3.63, 3.8) is 0 Å². The van der Waals surface area contributed by atoms with Crippen LogP contribution < -0.4 is 21.3 Å². The van der Waals surface area contributed by atoms with Gasteiger partial charge in [0, 0.05) is 14.1 Å². The van der Waals surface area contributed by atoms with Gasteiger partial charge in [-0.25, -0.2) is 4.79 Å². The molecule has 6 heteroatoms. The molecule has 4 N–H and O–H groups in total. The molecule has 0 aliphatic carbocycles. The van der Waals surface area contributed by atoms with Crippen molar-refractivity contribution in [3.05, 3.63) is 59.7 Å². The third kappa shape index (κ3) is 4.97. The smallest absolute Gasteiger partial charge is 0.312 e. The Bertz CT molecular complexity index is 759. The van der Waals surface area contributed by atoms with E-state index in [1.807, 2.05) is 74.4 Å². The minimum Gasteiger partial charge on any atom is -0.376 e. The van der Waals surface area contributed by atoms with Crippen molar-refractivity contribution >= 4 is 23.3 Å². The van der Waals surface area contributed by atoms with Crippen molar-refractivity contribution in [2.24, 2.45) is 5.73 Å². The number of amides is 3. The summed E-state index contributed by atoms with van der Waals surface area (Å²) in [5.41, 5.74) is 8.78. The Morgan fingerprint density at radius 1 is 1.08 bits per heavy atom. The van der Waals surface area contributed by atoms with E-state index < -0.39 is 12.1 Å². The molecule has 0 aliphatic heterocycles. The molecule has 0 heterocycles. The van der Waals surface area contributed by atoms with Gasteiger partial charge in [-0.05, 0) is 30.2 Å². The van der Waals surface area contributed by atoms with E-state index >= 15 is 0 Å². The predicted octanol–water partition coefficient (Wildman–Crippen LogP) is 2.80. The van der Waals surface area contributed by atoms with Gasteiger partial charge in [0.05, 0.1) is 23.8 Å². The number of carbonyl (C=O) groups excluding carboxylic acids is 2. The number of nitrogens with zero attached hydrogens (tertiary/aromatic N) is 1. The standard InChI is InChI=1S/C19H24N4O2/c1-13-8-4-5-9-14(13)16(22-19(20)25)12-18(24)21-15-10-6-7-11-17(15)23(2)3/h4-11,16H,12H2,1-3H3,(H,21,24)(H3,20,22,25). The Kier molecular flexibility index (Phi) is 6.00. The minimum atomic E-state index is -0.658. The first-order valence-electron chi connectivity index (χ1n) is 8.06. The lowest BCUT2D eigenvalue weighted by molar-refractivity contribution is -0.116. The second-order valence-electron chi connectivity index (χ2n) is 6.08. The summed E-state index contributed by atoms with van der Waals surface area (Å²) in [5.74, 6) is -0.198. The normalized spacial score (nSPS) is 11.5. The van der Waals surface area contributed by atoms with Gasteiger partial charge < -0.3 is 21.3 Å². The van der Waals surface area contributed by atoms with E-state index in [1.165, 1.54) is 0 Å². The van der Waals surface area contributed by atoms with Crippen molar-refractivity contribution in [1.82, 2.24) is 5.32 Å². The molecule has 3 amide bonds. The fraction of sp³-hybridized carbons (Fsp3) is 0.263. The summed E-state index contributed by atoms with van der Waals surface area (Å²) >= 11 is 0. The maximum Gasteiger partial charge on any atom is 0.312 e. The summed E-state index contributed by atoms with van der Waals surface area (Å²) in [5, 5.41) is 5.57. The van der Waals surface area contributed by atoms with Gasteiger partial charge in [0.1, 0.15) is 0 Å². The van der Waals surface area contributed by atoms with Crippen LogP contribution in [0.5, 0.6) is 0 Å². The Balaban J connectivity index is 2.18. The maximum atomic E-state index is 12.5. The van der Waals surface area contributed by atoms with Gasteiger partial charge in [-0.2, -0.15) is 0 Å². The van der Waals surface area contributed by atoms with Crippen molar-refractivity contribution in [1.29, 1.82) is 0 Å². The summed E-state index contributed by atoms with van der Waals surface area (Å²) < 4.78 is 0. The SMILES string of the molecule is Cc1ccccc1C(CC(=O)Nc1ccccc1N(C)C)NC(N)=O. The van der Waals surface area contributed by atoms with Crippen LogP contribution in [0.3, 0.4) is 0 Å². The Labute approximate surface area is 148 Å². The summed E-state index contributed by atoms with van der Waals surface area (Å²) in [6.07, 6.45) is 0.0928. The van der Waals surface area contributed by atoms with Crippen molar-refractivity contribution in [2.45, 2.75) is 19.4 Å². The topological polar surface area (TPSA) is 87.5 Å². The van der Waals surface area contributed by atoms with E-state index in [4.69, 9.17) is 5.73 Å². The molecule has 6 nitrogen and oxygen atoms in total. The molecule has 0 radical (unpaired) electrons. The highest BCUT2D eigenvalue weighted by Crippen LogP contribution is 2.25. The zero-order valence-corrected chi connectivity index (χ0v) is 14.7. The van der Waals surface area contributed by atoms with E-state index in [0.29, 0.717) is 0 Å². The first-order chi connectivity index (χ1) is 11.9. The lowest BCUT2D eigenvalue weighted by Crippen LogP contribution is -2.35. The van der Waals surface area contributed by atoms with Crippen LogP contribution in [0.25, 0.3) is 0 Å². The van der Waals surface area contributed by atoms with Crippen molar-refractivity contribution in [2.75, 3.05) is 24.3 Å². The number of aryl methyl sites for hydroxylation is 1. The molecule has 0 saturated carbocycles. The number of para-hydroxylation sites is 2. The monoisotopic (exact) mass is 340 g/mol.